The van der Waals surface area contributed by atoms with Gasteiger partial charge in [-0.15, -0.1) is 0 Å². The van der Waals surface area contributed by atoms with Crippen LogP contribution in [0.4, 0.5) is 0 Å². The van der Waals surface area contributed by atoms with Gasteiger partial charge in [0.2, 0.25) is 5.89 Å². The number of carboxylic acids is 1. The van der Waals surface area contributed by atoms with E-state index in [2.05, 4.69) is 48.6 Å². The van der Waals surface area contributed by atoms with Crippen molar-refractivity contribution in [1.29, 1.82) is 0 Å². The van der Waals surface area contributed by atoms with Gasteiger partial charge in [0, 0.05) is 12.2 Å². The summed E-state index contributed by atoms with van der Waals surface area (Å²) in [6.07, 6.45) is 13.6. The maximum Gasteiger partial charge on any atom is 0.335 e. The predicted octanol–water partition coefficient (Wildman–Crippen LogP) is 6.61. The number of aromatic nitrogens is 1. The monoisotopic (exact) mass is 491 g/mol. The zero-order valence-corrected chi connectivity index (χ0v) is 21.5. The number of nitrogens with zero attached hydrogens (tertiary/aromatic N) is 1. The summed E-state index contributed by atoms with van der Waals surface area (Å²) >= 11 is 0. The van der Waals surface area contributed by atoms with Crippen LogP contribution in [-0.4, -0.2) is 34.9 Å². The Labute approximate surface area is 213 Å². The van der Waals surface area contributed by atoms with Gasteiger partial charge in [0.1, 0.15) is 11.5 Å². The van der Waals surface area contributed by atoms with Crippen LogP contribution in [0.3, 0.4) is 0 Å². The number of hydrogen-bond acceptors (Lipinski definition) is 5. The van der Waals surface area contributed by atoms with Crippen LogP contribution >= 0.6 is 0 Å². The fraction of sp³-hybridized carbons (Fsp3) is 0.467. The molecule has 36 heavy (non-hydrogen) atoms. The molecule has 0 aliphatic heterocycles. The van der Waals surface area contributed by atoms with Crippen LogP contribution in [0.1, 0.15) is 68.9 Å². The van der Waals surface area contributed by atoms with Crippen molar-refractivity contribution < 1.29 is 23.8 Å². The Morgan fingerprint density at radius 1 is 1.14 bits per heavy atom. The molecule has 4 rings (SSSR count). The Morgan fingerprint density at radius 3 is 2.64 bits per heavy atom. The molecule has 2 aromatic rings. The molecule has 0 spiro atoms. The molecule has 2 aliphatic carbocycles. The molecule has 6 nitrogen and oxygen atoms in total. The molecule has 1 saturated carbocycles. The smallest absolute Gasteiger partial charge is 0.335 e. The van der Waals surface area contributed by atoms with E-state index in [-0.39, 0.29) is 0 Å². The average Bonchev–Trinajstić information content (AvgIpc) is 3.07. The summed E-state index contributed by atoms with van der Waals surface area (Å²) in [4.78, 5) is 16.0. The second kappa shape index (κ2) is 11.8. The van der Waals surface area contributed by atoms with Gasteiger partial charge in [-0.1, -0.05) is 55.0 Å². The number of rotatable bonds is 10. The Bertz CT molecular complexity index is 1130. The fourth-order valence-electron chi connectivity index (χ4n) is 4.74. The lowest BCUT2D eigenvalue weighted by Crippen LogP contribution is -2.37. The maximum absolute atomic E-state index is 11.3. The van der Waals surface area contributed by atoms with Crippen molar-refractivity contribution in [2.45, 2.75) is 65.1 Å². The van der Waals surface area contributed by atoms with Crippen LogP contribution in [0.25, 0.3) is 11.1 Å². The molecule has 1 heterocycles. The van der Waals surface area contributed by atoms with Crippen LogP contribution in [0.2, 0.25) is 0 Å². The number of carboxylic acid groups (broad SMARTS) is 1. The lowest BCUT2D eigenvalue weighted by molar-refractivity contribution is -0.163. The van der Waals surface area contributed by atoms with Crippen LogP contribution in [-0.2, 0) is 20.9 Å². The summed E-state index contributed by atoms with van der Waals surface area (Å²) in [6, 6.07) is 10.4. The Balaban J connectivity index is 1.30. The first kappa shape index (κ1) is 26.1. The first-order valence-electron chi connectivity index (χ1n) is 12.9. The molecule has 1 aromatic carbocycles. The maximum atomic E-state index is 11.3. The van der Waals surface area contributed by atoms with Gasteiger partial charge in [-0.2, -0.15) is 0 Å². The number of aliphatic carboxylic acids is 1. The predicted molar refractivity (Wildman–Crippen MR) is 140 cm³/mol. The fourth-order valence-corrected chi connectivity index (χ4v) is 4.74. The molecule has 0 saturated heterocycles. The minimum Gasteiger partial charge on any atom is -0.479 e. The van der Waals surface area contributed by atoms with E-state index in [9.17, 15) is 9.90 Å². The van der Waals surface area contributed by atoms with Gasteiger partial charge < -0.3 is 19.0 Å². The zero-order valence-electron chi connectivity index (χ0n) is 21.5. The van der Waals surface area contributed by atoms with Gasteiger partial charge in [-0.3, -0.25) is 0 Å². The zero-order chi connectivity index (χ0) is 25.5. The van der Waals surface area contributed by atoms with Crippen LogP contribution in [0.15, 0.2) is 59.1 Å². The molecule has 1 fully saturated rings. The van der Waals surface area contributed by atoms with E-state index in [1.165, 1.54) is 11.1 Å². The normalized spacial score (nSPS) is 20.5. The van der Waals surface area contributed by atoms with Crippen LogP contribution < -0.4 is 0 Å². The number of oxazole rings is 1. The second-order valence-corrected chi connectivity index (χ2v) is 10.3. The molecule has 1 aromatic heterocycles. The summed E-state index contributed by atoms with van der Waals surface area (Å²) in [5, 5.41) is 9.26. The Hall–Kier alpha value is -2.96. The number of aryl methyl sites for hydroxylation is 1. The van der Waals surface area contributed by atoms with E-state index in [1.807, 2.05) is 13.0 Å². The molecule has 6 heteroatoms. The highest BCUT2D eigenvalue weighted by Crippen LogP contribution is 2.31. The summed E-state index contributed by atoms with van der Waals surface area (Å²) in [7, 11) is 0. The van der Waals surface area contributed by atoms with E-state index < -0.39 is 11.6 Å². The van der Waals surface area contributed by atoms with Gasteiger partial charge in [0.05, 0.1) is 13.2 Å². The van der Waals surface area contributed by atoms with Crippen molar-refractivity contribution in [3.63, 3.8) is 0 Å². The third-order valence-corrected chi connectivity index (χ3v) is 7.06. The average molecular weight is 492 g/mol. The third-order valence-electron chi connectivity index (χ3n) is 7.06. The summed E-state index contributed by atoms with van der Waals surface area (Å²) in [5.41, 5.74) is 3.12. The van der Waals surface area contributed by atoms with E-state index in [0.717, 1.165) is 49.1 Å². The summed E-state index contributed by atoms with van der Waals surface area (Å²) < 4.78 is 17.7. The van der Waals surface area contributed by atoms with Gasteiger partial charge in [-0.25, -0.2) is 9.78 Å². The van der Waals surface area contributed by atoms with Crippen LogP contribution in [0.5, 0.6) is 0 Å². The van der Waals surface area contributed by atoms with Crippen molar-refractivity contribution in [1.82, 2.24) is 4.98 Å². The number of ether oxygens (including phenoxy) is 2. The standard InChI is InChI=1S/C30H37NO5/c1-21-27(20-34-18-22-9-7-10-23(17-22)19-35-30(2,3)29(32)33)31-28(36-21)26-14-8-13-25(15-16-26)24-11-5-4-6-12-24/h4-6,8,11-12,14-16,22-23H,7,9-10,13,17-20H2,1-3H3,(H,32,33). The van der Waals surface area contributed by atoms with Gasteiger partial charge in [0.25, 0.3) is 0 Å². The van der Waals surface area contributed by atoms with Crippen molar-refractivity contribution in [2.24, 2.45) is 11.8 Å². The molecular formula is C30H37NO5. The molecule has 0 amide bonds. The van der Waals surface area contributed by atoms with Gasteiger partial charge >= 0.3 is 5.97 Å². The quantitative estimate of drug-likeness (QED) is 0.403. The van der Waals surface area contributed by atoms with Gasteiger partial charge in [-0.05, 0) is 75.5 Å². The molecule has 2 aliphatic rings. The lowest BCUT2D eigenvalue weighted by Gasteiger charge is -2.31. The number of allylic oxidation sites excluding steroid dienone is 6. The van der Waals surface area contributed by atoms with E-state index in [1.54, 1.807) is 13.8 Å². The number of hydrogen-bond donors (Lipinski definition) is 1. The Morgan fingerprint density at radius 2 is 1.89 bits per heavy atom. The first-order valence-corrected chi connectivity index (χ1v) is 12.9. The molecular weight excluding hydrogens is 454 g/mol. The van der Waals surface area contributed by atoms with E-state index in [4.69, 9.17) is 18.9 Å². The second-order valence-electron chi connectivity index (χ2n) is 10.3. The topological polar surface area (TPSA) is 81.8 Å². The minimum absolute atomic E-state index is 0.370. The van der Waals surface area contributed by atoms with Crippen molar-refractivity contribution >= 4 is 17.1 Å². The molecule has 0 bridgehead atoms. The molecule has 2 unspecified atom stereocenters. The molecule has 1 N–H and O–H groups in total. The summed E-state index contributed by atoms with van der Waals surface area (Å²) in [6.45, 7) is 6.69. The van der Waals surface area contributed by atoms with Crippen molar-refractivity contribution in [2.75, 3.05) is 13.2 Å². The third kappa shape index (κ3) is 6.83. The Kier molecular flexibility index (Phi) is 8.60. The summed E-state index contributed by atoms with van der Waals surface area (Å²) in [5.74, 6) is 1.28. The van der Waals surface area contributed by atoms with Crippen molar-refractivity contribution in [3.05, 3.63) is 77.5 Å². The highest BCUT2D eigenvalue weighted by Gasteiger charge is 2.30. The minimum atomic E-state index is -1.15. The SMILES string of the molecule is Cc1oc(C2=CC=C(c3ccccc3)CC=C2)nc1COCC1CCCC(COC(C)(C)C(=O)O)C1. The molecule has 2 atom stereocenters. The van der Waals surface area contributed by atoms with E-state index in [0.29, 0.717) is 37.5 Å². The number of carbonyl (C=O) groups is 1. The highest BCUT2D eigenvalue weighted by molar-refractivity contribution is 5.78. The van der Waals surface area contributed by atoms with Gasteiger partial charge in [0.15, 0.2) is 5.60 Å². The van der Waals surface area contributed by atoms with Crippen molar-refractivity contribution in [3.8, 4) is 0 Å². The van der Waals surface area contributed by atoms with Crippen LogP contribution in [0, 0.1) is 18.8 Å². The number of benzene rings is 1. The highest BCUT2D eigenvalue weighted by atomic mass is 16.5. The largest absolute Gasteiger partial charge is 0.479 e. The first-order chi connectivity index (χ1) is 17.3. The lowest BCUT2D eigenvalue weighted by atomic mass is 9.82. The molecule has 0 radical (unpaired) electrons. The van der Waals surface area contributed by atoms with E-state index >= 15 is 0 Å². The molecule has 192 valence electrons.